The molecule has 2 N–H and O–H groups in total. The number of carbonyl (C=O) groups is 1. The fraction of sp³-hybridized carbons (Fsp3) is 0.593. The lowest BCUT2D eigenvalue weighted by molar-refractivity contribution is -0.133. The van der Waals surface area contributed by atoms with Crippen LogP contribution in [0.4, 0.5) is 5.82 Å². The van der Waals surface area contributed by atoms with Gasteiger partial charge in [0.05, 0.1) is 24.3 Å². The van der Waals surface area contributed by atoms with Gasteiger partial charge in [-0.2, -0.15) is 0 Å². The number of halogens is 1. The smallest absolute Gasteiger partial charge is 0.231 e. The Morgan fingerprint density at radius 2 is 1.70 bits per heavy atom. The van der Waals surface area contributed by atoms with Gasteiger partial charge in [0.1, 0.15) is 12.1 Å². The van der Waals surface area contributed by atoms with Crippen molar-refractivity contribution in [2.45, 2.75) is 31.3 Å². The Labute approximate surface area is 223 Å². The lowest BCUT2D eigenvalue weighted by Gasteiger charge is -2.40. The average Bonchev–Trinajstić information content (AvgIpc) is 3.22. The van der Waals surface area contributed by atoms with Crippen LogP contribution in [0, 0.1) is 0 Å². The number of aromatic nitrogens is 2. The molecule has 2 saturated heterocycles. The molecule has 0 radical (unpaired) electrons. The van der Waals surface area contributed by atoms with E-state index in [1.165, 1.54) is 0 Å². The lowest BCUT2D eigenvalue weighted by atomic mass is 9.96. The number of anilines is 1. The van der Waals surface area contributed by atoms with Crippen molar-refractivity contribution in [3.05, 3.63) is 52.4 Å². The van der Waals surface area contributed by atoms with Gasteiger partial charge in [0.2, 0.25) is 5.91 Å². The number of hydrogen-bond donors (Lipinski definition) is 2. The number of nitrogens with zero attached hydrogens (tertiary/aromatic N) is 6. The first-order valence-corrected chi connectivity index (χ1v) is 13.7. The molecule has 5 rings (SSSR count). The number of fused-ring (bicyclic) bond motifs is 1. The zero-order valence-electron chi connectivity index (χ0n) is 21.5. The van der Waals surface area contributed by atoms with Crippen molar-refractivity contribution in [3.8, 4) is 0 Å². The van der Waals surface area contributed by atoms with Crippen molar-refractivity contribution >= 4 is 23.3 Å². The number of rotatable bonds is 7. The van der Waals surface area contributed by atoms with E-state index in [-0.39, 0.29) is 24.3 Å². The second-order valence-electron chi connectivity index (χ2n) is 10.4. The molecule has 3 heterocycles. The van der Waals surface area contributed by atoms with Gasteiger partial charge in [-0.3, -0.25) is 14.6 Å². The van der Waals surface area contributed by atoms with Crippen LogP contribution < -0.4 is 4.90 Å². The summed E-state index contributed by atoms with van der Waals surface area (Å²) in [4.78, 5) is 31.7. The summed E-state index contributed by atoms with van der Waals surface area (Å²) in [5, 5.41) is 20.3. The SMILES string of the molecule is C[C@@H]1C[C@@H](O)c2ncnc(N3CCN(C(=O)[C@@H](CN4CCN(CCO)CC4)c4ccc(Cl)cc4)CC3)c21. The van der Waals surface area contributed by atoms with E-state index in [9.17, 15) is 15.0 Å². The van der Waals surface area contributed by atoms with Crippen molar-refractivity contribution in [1.29, 1.82) is 0 Å². The van der Waals surface area contributed by atoms with Gasteiger partial charge in [0, 0.05) is 76.0 Å². The van der Waals surface area contributed by atoms with Crippen LogP contribution >= 0.6 is 11.6 Å². The van der Waals surface area contributed by atoms with Crippen molar-refractivity contribution in [2.24, 2.45) is 0 Å². The summed E-state index contributed by atoms with van der Waals surface area (Å²) in [6.07, 6.45) is 1.70. The van der Waals surface area contributed by atoms with Gasteiger partial charge in [-0.15, -0.1) is 0 Å². The van der Waals surface area contributed by atoms with Gasteiger partial charge in [0.15, 0.2) is 0 Å². The number of hydrogen-bond acceptors (Lipinski definition) is 8. The van der Waals surface area contributed by atoms with Crippen molar-refractivity contribution in [3.63, 3.8) is 0 Å². The highest BCUT2D eigenvalue weighted by atomic mass is 35.5. The molecule has 1 amide bonds. The van der Waals surface area contributed by atoms with Crippen LogP contribution in [0.25, 0.3) is 0 Å². The van der Waals surface area contributed by atoms with Crippen LogP contribution in [0.2, 0.25) is 5.02 Å². The average molecular weight is 529 g/mol. The maximum atomic E-state index is 13.9. The second kappa shape index (κ2) is 11.6. The third kappa shape index (κ3) is 5.76. The summed E-state index contributed by atoms with van der Waals surface area (Å²) < 4.78 is 0. The topological polar surface area (TPSA) is 96.3 Å². The van der Waals surface area contributed by atoms with Gasteiger partial charge in [-0.05, 0) is 30.0 Å². The van der Waals surface area contributed by atoms with E-state index < -0.39 is 6.10 Å². The molecule has 1 aliphatic carbocycles. The van der Waals surface area contributed by atoms with E-state index in [4.69, 9.17) is 11.6 Å². The molecule has 1 aromatic heterocycles. The second-order valence-corrected chi connectivity index (χ2v) is 10.9. The molecular weight excluding hydrogens is 492 g/mol. The third-order valence-electron chi connectivity index (χ3n) is 8.06. The van der Waals surface area contributed by atoms with Gasteiger partial charge < -0.3 is 20.0 Å². The number of aliphatic hydroxyl groups excluding tert-OH is 2. The van der Waals surface area contributed by atoms with E-state index in [1.54, 1.807) is 6.33 Å². The summed E-state index contributed by atoms with van der Waals surface area (Å²) in [7, 11) is 0. The van der Waals surface area contributed by atoms with Gasteiger partial charge >= 0.3 is 0 Å². The minimum Gasteiger partial charge on any atom is -0.395 e. The largest absolute Gasteiger partial charge is 0.395 e. The number of piperazine rings is 2. The van der Waals surface area contributed by atoms with Crippen LogP contribution in [0.15, 0.2) is 30.6 Å². The Morgan fingerprint density at radius 1 is 1.03 bits per heavy atom. The Hall–Kier alpha value is -2.30. The molecule has 9 nitrogen and oxygen atoms in total. The predicted octanol–water partition coefficient (Wildman–Crippen LogP) is 1.71. The van der Waals surface area contributed by atoms with Crippen LogP contribution in [0.1, 0.15) is 48.1 Å². The number of benzene rings is 1. The molecular formula is C27H37ClN6O3. The Kier molecular flexibility index (Phi) is 8.26. The van der Waals surface area contributed by atoms with E-state index >= 15 is 0 Å². The molecule has 37 heavy (non-hydrogen) atoms. The molecule has 0 spiro atoms. The summed E-state index contributed by atoms with van der Waals surface area (Å²) >= 11 is 6.15. The quantitative estimate of drug-likeness (QED) is 0.561. The van der Waals surface area contributed by atoms with Gasteiger partial charge in [0.25, 0.3) is 0 Å². The third-order valence-corrected chi connectivity index (χ3v) is 8.31. The van der Waals surface area contributed by atoms with E-state index in [2.05, 4.69) is 31.6 Å². The van der Waals surface area contributed by atoms with Crippen LogP contribution in [0.3, 0.4) is 0 Å². The van der Waals surface area contributed by atoms with E-state index in [0.717, 1.165) is 48.8 Å². The van der Waals surface area contributed by atoms with Crippen LogP contribution in [0.5, 0.6) is 0 Å². The van der Waals surface area contributed by atoms with E-state index in [0.29, 0.717) is 50.7 Å². The molecule has 2 fully saturated rings. The van der Waals surface area contributed by atoms with Gasteiger partial charge in [-0.1, -0.05) is 30.7 Å². The first-order chi connectivity index (χ1) is 17.9. The Morgan fingerprint density at radius 3 is 2.38 bits per heavy atom. The maximum absolute atomic E-state index is 13.9. The monoisotopic (exact) mass is 528 g/mol. The molecule has 200 valence electrons. The molecule has 1 aromatic carbocycles. The fourth-order valence-corrected chi connectivity index (χ4v) is 6.06. The first kappa shape index (κ1) is 26.3. The summed E-state index contributed by atoms with van der Waals surface area (Å²) in [5.74, 6) is 1.01. The molecule has 2 aromatic rings. The first-order valence-electron chi connectivity index (χ1n) is 13.3. The van der Waals surface area contributed by atoms with Crippen molar-refractivity contribution in [2.75, 3.05) is 77.0 Å². The Balaban J connectivity index is 1.27. The molecule has 3 atom stereocenters. The molecule has 0 saturated carbocycles. The zero-order chi connectivity index (χ0) is 25.9. The van der Waals surface area contributed by atoms with Crippen molar-refractivity contribution < 1.29 is 15.0 Å². The zero-order valence-corrected chi connectivity index (χ0v) is 22.2. The standard InChI is InChI=1S/C27H37ClN6O3/c1-19-16-23(36)25-24(19)26(30-18-29-25)33-10-12-34(13-11-33)27(37)22(20-2-4-21(28)5-3-20)17-32-8-6-31(7-9-32)14-15-35/h2-5,18-19,22-23,35-36H,6-17H2,1H3/t19-,22+,23-/m1/s1. The molecule has 0 bridgehead atoms. The molecule has 2 aliphatic heterocycles. The maximum Gasteiger partial charge on any atom is 0.231 e. The fourth-order valence-electron chi connectivity index (χ4n) is 5.93. The number of β-amino-alcohol motifs (C(OH)–C–C–N with tert-alkyl or cyclic N) is 1. The molecule has 10 heteroatoms. The molecule has 0 unspecified atom stereocenters. The summed E-state index contributed by atoms with van der Waals surface area (Å²) in [5.41, 5.74) is 2.79. The Bertz CT molecular complexity index is 1070. The van der Waals surface area contributed by atoms with E-state index in [1.807, 2.05) is 29.2 Å². The minimum atomic E-state index is -0.528. The highest BCUT2D eigenvalue weighted by Crippen LogP contribution is 2.42. The predicted molar refractivity (Wildman–Crippen MR) is 143 cm³/mol. The minimum absolute atomic E-state index is 0.150. The number of carbonyl (C=O) groups excluding carboxylic acids is 1. The normalized spacial score (nSPS) is 23.8. The van der Waals surface area contributed by atoms with Crippen LogP contribution in [-0.2, 0) is 4.79 Å². The number of aliphatic hydroxyl groups is 2. The summed E-state index contributed by atoms with van der Waals surface area (Å²) in [6, 6.07) is 7.67. The number of amides is 1. The van der Waals surface area contributed by atoms with Crippen molar-refractivity contribution in [1.82, 2.24) is 24.7 Å². The highest BCUT2D eigenvalue weighted by Gasteiger charge is 2.35. The lowest BCUT2D eigenvalue weighted by Crippen LogP contribution is -2.53. The van der Waals surface area contributed by atoms with Crippen LogP contribution in [-0.4, -0.2) is 113 Å². The summed E-state index contributed by atoms with van der Waals surface area (Å²) in [6.45, 7) is 9.88. The van der Waals surface area contributed by atoms with Gasteiger partial charge in [-0.25, -0.2) is 9.97 Å². The molecule has 3 aliphatic rings. The highest BCUT2D eigenvalue weighted by molar-refractivity contribution is 6.30.